The van der Waals surface area contributed by atoms with Gasteiger partial charge in [0, 0.05) is 11.1 Å². The molecule has 0 radical (unpaired) electrons. The van der Waals surface area contributed by atoms with Crippen LogP contribution in [0.1, 0.15) is 29.7 Å². The molecule has 102 valence electrons. The van der Waals surface area contributed by atoms with Crippen LogP contribution in [0.2, 0.25) is 0 Å². The molecule has 0 aliphatic rings. The molecule has 0 aliphatic heterocycles. The van der Waals surface area contributed by atoms with Crippen molar-refractivity contribution in [2.24, 2.45) is 0 Å². The van der Waals surface area contributed by atoms with Crippen LogP contribution in [0.3, 0.4) is 0 Å². The van der Waals surface area contributed by atoms with Crippen LogP contribution in [-0.2, 0) is 6.61 Å². The Morgan fingerprint density at radius 3 is 2.75 bits per heavy atom. The van der Waals surface area contributed by atoms with Crippen LogP contribution in [0, 0.1) is 17.1 Å². The summed E-state index contributed by atoms with van der Waals surface area (Å²) >= 11 is 0. The minimum atomic E-state index is -0.665. The van der Waals surface area contributed by atoms with Gasteiger partial charge in [0.25, 0.3) is 0 Å². The highest BCUT2D eigenvalue weighted by molar-refractivity contribution is 5.36. The molecule has 2 rings (SSSR count). The molecule has 0 aliphatic carbocycles. The van der Waals surface area contributed by atoms with Crippen LogP contribution in [-0.4, -0.2) is 5.11 Å². The zero-order valence-electron chi connectivity index (χ0n) is 11.0. The SMILES string of the molecule is C[C@@H](O)c1ccccc1OCc1cc(C#N)ccc1F. The maximum absolute atomic E-state index is 13.6. The molecule has 2 aromatic rings. The van der Waals surface area contributed by atoms with Crippen LogP contribution < -0.4 is 4.74 Å². The van der Waals surface area contributed by atoms with Crippen molar-refractivity contribution in [1.82, 2.24) is 0 Å². The van der Waals surface area contributed by atoms with Crippen LogP contribution in [0.25, 0.3) is 0 Å². The Kier molecular flexibility index (Phi) is 4.34. The van der Waals surface area contributed by atoms with Gasteiger partial charge in [-0.05, 0) is 31.2 Å². The van der Waals surface area contributed by atoms with Gasteiger partial charge in [0.05, 0.1) is 17.7 Å². The van der Waals surface area contributed by atoms with Crippen molar-refractivity contribution in [2.75, 3.05) is 0 Å². The average Bonchev–Trinajstić information content (AvgIpc) is 2.46. The summed E-state index contributed by atoms with van der Waals surface area (Å²) in [5.74, 6) is 0.0859. The molecular weight excluding hydrogens is 257 g/mol. The monoisotopic (exact) mass is 271 g/mol. The van der Waals surface area contributed by atoms with Crippen LogP contribution in [0.5, 0.6) is 5.75 Å². The van der Waals surface area contributed by atoms with Gasteiger partial charge in [0.2, 0.25) is 0 Å². The molecule has 2 aromatic carbocycles. The molecule has 1 atom stereocenters. The second-order valence-corrected chi connectivity index (χ2v) is 4.42. The number of aliphatic hydroxyl groups excluding tert-OH is 1. The molecule has 0 heterocycles. The highest BCUT2D eigenvalue weighted by Gasteiger charge is 2.10. The largest absolute Gasteiger partial charge is 0.488 e. The first-order chi connectivity index (χ1) is 9.61. The fraction of sp³-hybridized carbons (Fsp3) is 0.188. The van der Waals surface area contributed by atoms with E-state index in [2.05, 4.69) is 0 Å². The van der Waals surface area contributed by atoms with Gasteiger partial charge in [-0.25, -0.2) is 4.39 Å². The molecule has 0 amide bonds. The Labute approximate surface area is 116 Å². The molecule has 4 heteroatoms. The topological polar surface area (TPSA) is 53.2 Å². The Bertz CT molecular complexity index is 647. The quantitative estimate of drug-likeness (QED) is 0.928. The molecule has 0 unspecified atom stereocenters. The summed E-state index contributed by atoms with van der Waals surface area (Å²) in [6, 6.07) is 13.1. The zero-order chi connectivity index (χ0) is 14.5. The van der Waals surface area contributed by atoms with Gasteiger partial charge < -0.3 is 9.84 Å². The lowest BCUT2D eigenvalue weighted by Gasteiger charge is -2.13. The van der Waals surface area contributed by atoms with E-state index in [0.29, 0.717) is 22.4 Å². The number of nitrogens with zero attached hydrogens (tertiary/aromatic N) is 1. The van der Waals surface area contributed by atoms with Gasteiger partial charge >= 0.3 is 0 Å². The minimum Gasteiger partial charge on any atom is -0.488 e. The summed E-state index contributed by atoms with van der Waals surface area (Å²) in [6.07, 6.45) is -0.665. The fourth-order valence-electron chi connectivity index (χ4n) is 1.87. The number of nitriles is 1. The third-order valence-electron chi connectivity index (χ3n) is 2.93. The van der Waals surface area contributed by atoms with E-state index >= 15 is 0 Å². The van der Waals surface area contributed by atoms with E-state index < -0.39 is 11.9 Å². The lowest BCUT2D eigenvalue weighted by atomic mass is 10.1. The molecule has 1 N–H and O–H groups in total. The standard InChI is InChI=1S/C16H14FNO2/c1-11(19)14-4-2-3-5-16(14)20-10-13-8-12(9-18)6-7-15(13)17/h2-8,11,19H,10H2,1H3/t11-/m1/s1. The molecule has 0 fully saturated rings. The third kappa shape index (κ3) is 3.14. The van der Waals surface area contributed by atoms with Crippen molar-refractivity contribution in [2.45, 2.75) is 19.6 Å². The minimum absolute atomic E-state index is 0.00505. The van der Waals surface area contributed by atoms with E-state index in [4.69, 9.17) is 10.00 Å². The molecule has 0 spiro atoms. The molecule has 20 heavy (non-hydrogen) atoms. The number of ether oxygens (including phenoxy) is 1. The summed E-state index contributed by atoms with van der Waals surface area (Å²) in [6.45, 7) is 1.64. The number of benzene rings is 2. The van der Waals surface area contributed by atoms with Crippen molar-refractivity contribution in [1.29, 1.82) is 5.26 Å². The maximum atomic E-state index is 13.6. The fourth-order valence-corrected chi connectivity index (χ4v) is 1.87. The maximum Gasteiger partial charge on any atom is 0.129 e. The van der Waals surface area contributed by atoms with E-state index in [1.807, 2.05) is 6.07 Å². The highest BCUT2D eigenvalue weighted by atomic mass is 19.1. The van der Waals surface area contributed by atoms with Crippen LogP contribution >= 0.6 is 0 Å². The summed E-state index contributed by atoms with van der Waals surface area (Å²) in [5.41, 5.74) is 1.34. The number of halogens is 1. The summed E-state index contributed by atoms with van der Waals surface area (Å²) in [7, 11) is 0. The predicted octanol–water partition coefficient (Wildman–Crippen LogP) is 3.33. The Hall–Kier alpha value is -2.38. The van der Waals surface area contributed by atoms with E-state index in [0.717, 1.165) is 0 Å². The first kappa shape index (κ1) is 14.0. The van der Waals surface area contributed by atoms with Crippen LogP contribution in [0.4, 0.5) is 4.39 Å². The normalized spacial score (nSPS) is 11.7. The Balaban J connectivity index is 2.19. The van der Waals surface area contributed by atoms with Crippen molar-refractivity contribution >= 4 is 0 Å². The molecule has 0 bridgehead atoms. The molecule has 3 nitrogen and oxygen atoms in total. The summed E-state index contributed by atoms with van der Waals surface area (Å²) < 4.78 is 19.2. The van der Waals surface area contributed by atoms with Gasteiger partial charge in [0.15, 0.2) is 0 Å². The Morgan fingerprint density at radius 1 is 1.30 bits per heavy atom. The molecule has 0 saturated carbocycles. The van der Waals surface area contributed by atoms with Crippen molar-refractivity contribution < 1.29 is 14.2 Å². The molecule has 0 aromatic heterocycles. The first-order valence-electron chi connectivity index (χ1n) is 6.20. The lowest BCUT2D eigenvalue weighted by molar-refractivity contribution is 0.190. The second kappa shape index (κ2) is 6.18. The van der Waals surface area contributed by atoms with E-state index in [1.165, 1.54) is 18.2 Å². The zero-order valence-corrected chi connectivity index (χ0v) is 11.0. The van der Waals surface area contributed by atoms with Crippen molar-refractivity contribution in [3.63, 3.8) is 0 Å². The van der Waals surface area contributed by atoms with Crippen molar-refractivity contribution in [3.8, 4) is 11.8 Å². The predicted molar refractivity (Wildman–Crippen MR) is 72.5 cm³/mol. The average molecular weight is 271 g/mol. The number of para-hydroxylation sites is 1. The Morgan fingerprint density at radius 2 is 2.05 bits per heavy atom. The number of hydrogen-bond donors (Lipinski definition) is 1. The van der Waals surface area contributed by atoms with Gasteiger partial charge in [-0.2, -0.15) is 5.26 Å². The molecular formula is C16H14FNO2. The lowest BCUT2D eigenvalue weighted by Crippen LogP contribution is -2.02. The molecule has 0 saturated heterocycles. The summed E-state index contributed by atoms with van der Waals surface area (Å²) in [5, 5.41) is 18.5. The first-order valence-corrected chi connectivity index (χ1v) is 6.20. The second-order valence-electron chi connectivity index (χ2n) is 4.42. The van der Waals surface area contributed by atoms with E-state index in [9.17, 15) is 9.50 Å². The highest BCUT2D eigenvalue weighted by Crippen LogP contribution is 2.25. The summed E-state index contributed by atoms with van der Waals surface area (Å²) in [4.78, 5) is 0. The third-order valence-corrected chi connectivity index (χ3v) is 2.93. The van der Waals surface area contributed by atoms with Gasteiger partial charge in [0.1, 0.15) is 18.2 Å². The van der Waals surface area contributed by atoms with Crippen molar-refractivity contribution in [3.05, 3.63) is 65.0 Å². The van der Waals surface area contributed by atoms with Gasteiger partial charge in [-0.15, -0.1) is 0 Å². The van der Waals surface area contributed by atoms with E-state index in [1.54, 1.807) is 31.2 Å². The number of aliphatic hydroxyl groups is 1. The van der Waals surface area contributed by atoms with E-state index in [-0.39, 0.29) is 6.61 Å². The van der Waals surface area contributed by atoms with Gasteiger partial charge in [-0.3, -0.25) is 0 Å². The smallest absolute Gasteiger partial charge is 0.129 e. The number of hydrogen-bond acceptors (Lipinski definition) is 3. The van der Waals surface area contributed by atoms with Crippen LogP contribution in [0.15, 0.2) is 42.5 Å². The van der Waals surface area contributed by atoms with Gasteiger partial charge in [-0.1, -0.05) is 18.2 Å². The number of rotatable bonds is 4.